The van der Waals surface area contributed by atoms with Crippen LogP contribution in [0.25, 0.3) is 11.6 Å². The smallest absolute Gasteiger partial charge is 0.216 e. The zero-order valence-electron chi connectivity index (χ0n) is 17.4. The molecular weight excluding hydrogens is 529 g/mol. The molecular formula is C21H27ClIN7O. The summed E-state index contributed by atoms with van der Waals surface area (Å²) in [5.74, 6) is 2.98. The van der Waals surface area contributed by atoms with E-state index in [0.717, 1.165) is 62.5 Å². The van der Waals surface area contributed by atoms with Gasteiger partial charge in [-0.05, 0) is 29.8 Å². The number of hydrogen-bond acceptors (Lipinski definition) is 5. The van der Waals surface area contributed by atoms with Gasteiger partial charge >= 0.3 is 0 Å². The molecule has 0 bridgehead atoms. The lowest BCUT2D eigenvalue weighted by atomic mass is 10.2. The van der Waals surface area contributed by atoms with Crippen molar-refractivity contribution < 1.29 is 4.42 Å². The molecule has 0 spiro atoms. The number of rotatable bonds is 6. The van der Waals surface area contributed by atoms with Crippen molar-refractivity contribution in [2.24, 2.45) is 4.99 Å². The predicted octanol–water partition coefficient (Wildman–Crippen LogP) is 3.27. The maximum absolute atomic E-state index is 5.98. The fourth-order valence-corrected chi connectivity index (χ4v) is 3.64. The van der Waals surface area contributed by atoms with Crippen molar-refractivity contribution in [2.45, 2.75) is 13.0 Å². The molecule has 31 heavy (non-hydrogen) atoms. The highest BCUT2D eigenvalue weighted by Gasteiger charge is 2.19. The fraction of sp³-hybridized carbons (Fsp3) is 0.381. The maximum atomic E-state index is 5.98. The minimum absolute atomic E-state index is 0. The van der Waals surface area contributed by atoms with Gasteiger partial charge in [0.2, 0.25) is 5.82 Å². The number of H-pyrrole nitrogens is 1. The maximum Gasteiger partial charge on any atom is 0.216 e. The van der Waals surface area contributed by atoms with Crippen molar-refractivity contribution in [3.05, 3.63) is 59.1 Å². The number of aromatic nitrogens is 3. The van der Waals surface area contributed by atoms with E-state index in [9.17, 15) is 0 Å². The van der Waals surface area contributed by atoms with Crippen molar-refractivity contribution in [1.82, 2.24) is 30.3 Å². The number of aromatic amines is 1. The lowest BCUT2D eigenvalue weighted by molar-refractivity contribution is 0.172. The number of hydrogen-bond donors (Lipinski definition) is 2. The van der Waals surface area contributed by atoms with Crippen LogP contribution in [-0.4, -0.2) is 70.7 Å². The number of furan rings is 1. The second-order valence-corrected chi connectivity index (χ2v) is 7.63. The molecule has 0 saturated carbocycles. The summed E-state index contributed by atoms with van der Waals surface area (Å²) >= 11 is 5.98. The molecule has 1 fully saturated rings. The summed E-state index contributed by atoms with van der Waals surface area (Å²) in [5, 5.41) is 11.4. The van der Waals surface area contributed by atoms with E-state index in [1.54, 1.807) is 6.26 Å². The van der Waals surface area contributed by atoms with Crippen molar-refractivity contribution in [3.8, 4) is 11.6 Å². The van der Waals surface area contributed by atoms with E-state index >= 15 is 0 Å². The Bertz CT molecular complexity index is 951. The van der Waals surface area contributed by atoms with Crippen LogP contribution in [0.4, 0.5) is 0 Å². The number of halogens is 2. The molecule has 166 valence electrons. The van der Waals surface area contributed by atoms with Crippen LogP contribution in [-0.2, 0) is 13.0 Å². The Kier molecular flexibility index (Phi) is 8.73. The first-order chi connectivity index (χ1) is 14.7. The monoisotopic (exact) mass is 555 g/mol. The summed E-state index contributed by atoms with van der Waals surface area (Å²) in [6.07, 6.45) is 2.34. The van der Waals surface area contributed by atoms with Crippen molar-refractivity contribution in [1.29, 1.82) is 0 Å². The first kappa shape index (κ1) is 23.6. The molecule has 8 nitrogen and oxygen atoms in total. The fourth-order valence-electron chi connectivity index (χ4n) is 3.51. The minimum atomic E-state index is 0. The third-order valence-electron chi connectivity index (χ3n) is 5.12. The lowest BCUT2D eigenvalue weighted by Crippen LogP contribution is -2.52. The molecule has 0 radical (unpaired) electrons. The average molecular weight is 556 g/mol. The van der Waals surface area contributed by atoms with E-state index in [0.29, 0.717) is 11.6 Å². The van der Waals surface area contributed by atoms with Crippen molar-refractivity contribution >= 4 is 41.5 Å². The zero-order valence-corrected chi connectivity index (χ0v) is 20.5. The molecule has 0 amide bonds. The number of guanidine groups is 1. The van der Waals surface area contributed by atoms with Gasteiger partial charge in [0.15, 0.2) is 11.7 Å². The number of nitrogens with one attached hydrogen (secondary N) is 2. The zero-order chi connectivity index (χ0) is 20.8. The van der Waals surface area contributed by atoms with E-state index in [4.69, 9.17) is 16.0 Å². The Balaban J connectivity index is 0.00000272. The van der Waals surface area contributed by atoms with E-state index in [-0.39, 0.29) is 24.0 Å². The van der Waals surface area contributed by atoms with Crippen LogP contribution >= 0.6 is 35.6 Å². The molecule has 1 saturated heterocycles. The van der Waals surface area contributed by atoms with E-state index < -0.39 is 0 Å². The summed E-state index contributed by atoms with van der Waals surface area (Å²) in [5.41, 5.74) is 1.29. The highest BCUT2D eigenvalue weighted by Crippen LogP contribution is 2.15. The summed E-state index contributed by atoms with van der Waals surface area (Å²) < 4.78 is 5.33. The van der Waals surface area contributed by atoms with E-state index in [1.165, 1.54) is 5.56 Å². The second kappa shape index (κ2) is 11.5. The first-order valence-corrected chi connectivity index (χ1v) is 10.5. The summed E-state index contributed by atoms with van der Waals surface area (Å²) in [6, 6.07) is 11.8. The van der Waals surface area contributed by atoms with Gasteiger partial charge in [0.25, 0.3) is 0 Å². The molecule has 1 aliphatic rings. The number of aliphatic imine (C=N–C) groups is 1. The Labute approximate surface area is 204 Å². The quantitative estimate of drug-likeness (QED) is 0.276. The number of piperazine rings is 1. The molecule has 3 aromatic rings. The van der Waals surface area contributed by atoms with Crippen molar-refractivity contribution in [3.63, 3.8) is 0 Å². The standard InChI is InChI=1S/C21H26ClN7O.HI/c1-23-21(24-9-8-19-25-20(27-26-19)18-3-2-14-30-18)29-12-10-28(11-13-29)15-16-4-6-17(22)7-5-16;/h2-7,14H,8-13,15H2,1H3,(H,23,24)(H,25,26,27);1H. The summed E-state index contributed by atoms with van der Waals surface area (Å²) in [4.78, 5) is 13.7. The molecule has 0 aliphatic carbocycles. The largest absolute Gasteiger partial charge is 0.461 e. The average Bonchev–Trinajstić information content (AvgIpc) is 3.46. The molecule has 3 heterocycles. The van der Waals surface area contributed by atoms with Crippen LogP contribution in [0.15, 0.2) is 52.1 Å². The minimum Gasteiger partial charge on any atom is -0.461 e. The third-order valence-corrected chi connectivity index (χ3v) is 5.37. The Morgan fingerprint density at radius 2 is 1.97 bits per heavy atom. The SMILES string of the molecule is CN=C(NCCc1nc(-c2ccco2)n[nH]1)N1CCN(Cc2ccc(Cl)cc2)CC1.I. The molecule has 1 aliphatic heterocycles. The molecule has 2 N–H and O–H groups in total. The van der Waals surface area contributed by atoms with Gasteiger partial charge in [-0.3, -0.25) is 15.0 Å². The van der Waals surface area contributed by atoms with Crippen LogP contribution in [0, 0.1) is 0 Å². The molecule has 10 heteroatoms. The van der Waals surface area contributed by atoms with E-state index in [1.807, 2.05) is 31.3 Å². The van der Waals surface area contributed by atoms with Gasteiger partial charge < -0.3 is 14.6 Å². The van der Waals surface area contributed by atoms with Gasteiger partial charge in [-0.1, -0.05) is 23.7 Å². The molecule has 4 rings (SSSR count). The van der Waals surface area contributed by atoms with Crippen molar-refractivity contribution in [2.75, 3.05) is 39.8 Å². The van der Waals surface area contributed by atoms with Crippen LogP contribution in [0.1, 0.15) is 11.4 Å². The topological polar surface area (TPSA) is 85.6 Å². The molecule has 2 aromatic heterocycles. The van der Waals surface area contributed by atoms with Gasteiger partial charge in [-0.25, -0.2) is 4.98 Å². The van der Waals surface area contributed by atoms with Gasteiger partial charge in [0, 0.05) is 57.8 Å². The Morgan fingerprint density at radius 3 is 2.65 bits per heavy atom. The van der Waals surface area contributed by atoms with Crippen LogP contribution in [0.3, 0.4) is 0 Å². The molecule has 1 aromatic carbocycles. The second-order valence-electron chi connectivity index (χ2n) is 7.20. The Hall–Kier alpha value is -2.11. The lowest BCUT2D eigenvalue weighted by Gasteiger charge is -2.36. The number of benzene rings is 1. The van der Waals surface area contributed by atoms with Gasteiger partial charge in [-0.15, -0.1) is 24.0 Å². The predicted molar refractivity (Wildman–Crippen MR) is 133 cm³/mol. The van der Waals surface area contributed by atoms with Gasteiger partial charge in [0.05, 0.1) is 6.26 Å². The summed E-state index contributed by atoms with van der Waals surface area (Å²) in [7, 11) is 1.83. The highest BCUT2D eigenvalue weighted by atomic mass is 127. The van der Waals surface area contributed by atoms with Gasteiger partial charge in [0.1, 0.15) is 5.82 Å². The molecule has 0 unspecified atom stereocenters. The van der Waals surface area contributed by atoms with Crippen LogP contribution in [0.2, 0.25) is 5.02 Å². The highest BCUT2D eigenvalue weighted by molar-refractivity contribution is 14.0. The van der Waals surface area contributed by atoms with E-state index in [2.05, 4.69) is 47.4 Å². The molecule has 0 atom stereocenters. The summed E-state index contributed by atoms with van der Waals surface area (Å²) in [6.45, 7) is 5.55. The Morgan fingerprint density at radius 1 is 1.19 bits per heavy atom. The first-order valence-electron chi connectivity index (χ1n) is 10.1. The third kappa shape index (κ3) is 6.44. The van der Waals surface area contributed by atoms with Gasteiger partial charge in [-0.2, -0.15) is 5.10 Å². The number of nitrogens with zero attached hydrogens (tertiary/aromatic N) is 5. The van der Waals surface area contributed by atoms with Crippen LogP contribution in [0.5, 0.6) is 0 Å². The van der Waals surface area contributed by atoms with Crippen LogP contribution < -0.4 is 5.32 Å². The normalized spacial score (nSPS) is 15.0.